The molecular weight excluding hydrogens is 243 g/mol. The van der Waals surface area contributed by atoms with E-state index in [1.165, 1.54) is 6.07 Å². The molecule has 98 valence electrons. The fourth-order valence-electron chi connectivity index (χ4n) is 2.66. The molecule has 0 aromatic heterocycles. The van der Waals surface area contributed by atoms with Crippen molar-refractivity contribution in [2.24, 2.45) is 5.92 Å². The molecule has 1 heterocycles. The average Bonchev–Trinajstić information content (AvgIpc) is 2.85. The van der Waals surface area contributed by atoms with Crippen LogP contribution in [0.15, 0.2) is 36.4 Å². The van der Waals surface area contributed by atoms with Crippen LogP contribution < -0.4 is 0 Å². The van der Waals surface area contributed by atoms with Crippen LogP contribution in [0, 0.1) is 11.7 Å². The molecule has 0 saturated carbocycles. The summed E-state index contributed by atoms with van der Waals surface area (Å²) in [5.41, 5.74) is 0.552. The zero-order valence-electron chi connectivity index (χ0n) is 10.7. The van der Waals surface area contributed by atoms with E-state index in [-0.39, 0.29) is 17.5 Å². The van der Waals surface area contributed by atoms with Gasteiger partial charge in [-0.25, -0.2) is 4.39 Å². The van der Waals surface area contributed by atoms with Gasteiger partial charge in [-0.15, -0.1) is 0 Å². The van der Waals surface area contributed by atoms with Crippen LogP contribution in [0.5, 0.6) is 0 Å². The van der Waals surface area contributed by atoms with Gasteiger partial charge in [0.2, 0.25) is 0 Å². The Morgan fingerprint density at radius 3 is 2.63 bits per heavy atom. The highest BCUT2D eigenvalue weighted by Crippen LogP contribution is 2.28. The largest absolute Gasteiger partial charge is 0.370 e. The molecule has 2 aromatic rings. The van der Waals surface area contributed by atoms with Crippen molar-refractivity contribution in [2.75, 3.05) is 6.61 Å². The Kier molecular flexibility index (Phi) is 3.07. The third-order valence-electron chi connectivity index (χ3n) is 3.78. The maximum Gasteiger partial charge on any atom is 0.192 e. The number of Topliss-reactive ketones (excluding diaryl/α,β-unsaturated/α-hetero) is 1. The third kappa shape index (κ3) is 2.04. The van der Waals surface area contributed by atoms with Gasteiger partial charge in [-0.05, 0) is 29.9 Å². The number of carbonyl (C=O) groups excluding carboxylic acids is 1. The summed E-state index contributed by atoms with van der Waals surface area (Å²) in [6, 6.07) is 9.99. The lowest BCUT2D eigenvalue weighted by Crippen LogP contribution is -2.25. The Labute approximate surface area is 111 Å². The number of rotatable bonds is 2. The first-order chi connectivity index (χ1) is 9.18. The molecule has 2 atom stereocenters. The van der Waals surface area contributed by atoms with Gasteiger partial charge in [0, 0.05) is 17.6 Å². The molecule has 0 spiro atoms. The first kappa shape index (κ1) is 12.3. The van der Waals surface area contributed by atoms with E-state index in [1.54, 1.807) is 24.3 Å². The number of ketones is 1. The highest BCUT2D eigenvalue weighted by Gasteiger charge is 2.32. The molecular formula is C16H15FO2. The van der Waals surface area contributed by atoms with Gasteiger partial charge in [0.1, 0.15) is 11.9 Å². The summed E-state index contributed by atoms with van der Waals surface area (Å²) in [6.07, 6.45) is 0.504. The number of halogens is 1. The van der Waals surface area contributed by atoms with Gasteiger partial charge < -0.3 is 4.74 Å². The molecule has 3 heteroatoms. The fourth-order valence-corrected chi connectivity index (χ4v) is 2.66. The average molecular weight is 258 g/mol. The Morgan fingerprint density at radius 2 is 1.95 bits per heavy atom. The SMILES string of the molecule is CC1CCOC1C(=O)c1ccc(F)c2ccccc12. The van der Waals surface area contributed by atoms with Crippen molar-refractivity contribution in [3.05, 3.63) is 47.8 Å². The lowest BCUT2D eigenvalue weighted by molar-refractivity contribution is 0.0581. The molecule has 0 N–H and O–H groups in total. The zero-order chi connectivity index (χ0) is 13.4. The summed E-state index contributed by atoms with van der Waals surface area (Å²) < 4.78 is 19.3. The number of fused-ring (bicyclic) bond motifs is 1. The van der Waals surface area contributed by atoms with E-state index in [4.69, 9.17) is 4.74 Å². The van der Waals surface area contributed by atoms with Crippen LogP contribution in [0.1, 0.15) is 23.7 Å². The Balaban J connectivity index is 2.10. The molecule has 1 saturated heterocycles. The van der Waals surface area contributed by atoms with Crippen molar-refractivity contribution in [2.45, 2.75) is 19.4 Å². The van der Waals surface area contributed by atoms with E-state index >= 15 is 0 Å². The van der Waals surface area contributed by atoms with Crippen molar-refractivity contribution < 1.29 is 13.9 Å². The van der Waals surface area contributed by atoms with Gasteiger partial charge in [-0.2, -0.15) is 0 Å². The van der Waals surface area contributed by atoms with Crippen molar-refractivity contribution in [1.29, 1.82) is 0 Å². The van der Waals surface area contributed by atoms with Crippen molar-refractivity contribution in [3.8, 4) is 0 Å². The van der Waals surface area contributed by atoms with Gasteiger partial charge in [0.25, 0.3) is 0 Å². The zero-order valence-corrected chi connectivity index (χ0v) is 10.7. The predicted molar refractivity (Wildman–Crippen MR) is 71.8 cm³/mol. The normalized spacial score (nSPS) is 22.8. The Morgan fingerprint density at radius 1 is 1.21 bits per heavy atom. The highest BCUT2D eigenvalue weighted by molar-refractivity contribution is 6.10. The number of hydrogen-bond acceptors (Lipinski definition) is 2. The number of hydrogen-bond donors (Lipinski definition) is 0. The summed E-state index contributed by atoms with van der Waals surface area (Å²) in [5, 5.41) is 1.15. The number of benzene rings is 2. The van der Waals surface area contributed by atoms with Gasteiger partial charge in [-0.1, -0.05) is 31.2 Å². The van der Waals surface area contributed by atoms with E-state index in [0.717, 1.165) is 6.42 Å². The molecule has 1 fully saturated rings. The van der Waals surface area contributed by atoms with Crippen LogP contribution >= 0.6 is 0 Å². The molecule has 2 nitrogen and oxygen atoms in total. The maximum atomic E-state index is 13.7. The monoisotopic (exact) mass is 258 g/mol. The molecule has 19 heavy (non-hydrogen) atoms. The maximum absolute atomic E-state index is 13.7. The second-order valence-corrected chi connectivity index (χ2v) is 5.06. The second kappa shape index (κ2) is 4.74. The molecule has 1 aliphatic rings. The van der Waals surface area contributed by atoms with Gasteiger partial charge in [-0.3, -0.25) is 4.79 Å². The Bertz CT molecular complexity index is 636. The van der Waals surface area contributed by atoms with E-state index in [0.29, 0.717) is 22.9 Å². The number of ether oxygens (including phenoxy) is 1. The third-order valence-corrected chi connectivity index (χ3v) is 3.78. The van der Waals surface area contributed by atoms with Crippen molar-refractivity contribution in [3.63, 3.8) is 0 Å². The molecule has 2 unspecified atom stereocenters. The quantitative estimate of drug-likeness (QED) is 0.769. The second-order valence-electron chi connectivity index (χ2n) is 5.06. The number of carbonyl (C=O) groups is 1. The van der Waals surface area contributed by atoms with Crippen LogP contribution in [0.25, 0.3) is 10.8 Å². The minimum absolute atomic E-state index is 0.0406. The minimum Gasteiger partial charge on any atom is -0.370 e. The van der Waals surface area contributed by atoms with Crippen LogP contribution in [0.2, 0.25) is 0 Å². The fraction of sp³-hybridized carbons (Fsp3) is 0.312. The summed E-state index contributed by atoms with van der Waals surface area (Å²) in [4.78, 5) is 12.5. The van der Waals surface area contributed by atoms with E-state index in [2.05, 4.69) is 0 Å². The van der Waals surface area contributed by atoms with Crippen LogP contribution in [0.4, 0.5) is 4.39 Å². The van der Waals surface area contributed by atoms with Crippen molar-refractivity contribution >= 4 is 16.6 Å². The summed E-state index contributed by atoms with van der Waals surface area (Å²) >= 11 is 0. The molecule has 1 aliphatic heterocycles. The topological polar surface area (TPSA) is 26.3 Å². The van der Waals surface area contributed by atoms with Crippen LogP contribution in [-0.2, 0) is 4.74 Å². The first-order valence-corrected chi connectivity index (χ1v) is 6.51. The first-order valence-electron chi connectivity index (χ1n) is 6.51. The minimum atomic E-state index is -0.395. The standard InChI is InChI=1S/C16H15FO2/c1-10-8-9-19-16(10)15(18)13-6-7-14(17)12-5-3-2-4-11(12)13/h2-7,10,16H,8-9H2,1H3. The molecule has 0 radical (unpaired) electrons. The molecule has 2 aromatic carbocycles. The van der Waals surface area contributed by atoms with Gasteiger partial charge >= 0.3 is 0 Å². The van der Waals surface area contributed by atoms with Gasteiger partial charge in [0.05, 0.1) is 0 Å². The summed E-state index contributed by atoms with van der Waals surface area (Å²) in [6.45, 7) is 2.64. The highest BCUT2D eigenvalue weighted by atomic mass is 19.1. The smallest absolute Gasteiger partial charge is 0.192 e. The van der Waals surface area contributed by atoms with E-state index in [1.807, 2.05) is 13.0 Å². The van der Waals surface area contributed by atoms with Crippen molar-refractivity contribution in [1.82, 2.24) is 0 Å². The van der Waals surface area contributed by atoms with Crippen LogP contribution in [0.3, 0.4) is 0 Å². The molecule has 0 bridgehead atoms. The molecule has 3 rings (SSSR count). The lowest BCUT2D eigenvalue weighted by atomic mass is 9.93. The van der Waals surface area contributed by atoms with Gasteiger partial charge in [0.15, 0.2) is 5.78 Å². The molecule has 0 aliphatic carbocycles. The molecule has 0 amide bonds. The van der Waals surface area contributed by atoms with E-state index < -0.39 is 6.10 Å². The summed E-state index contributed by atoms with van der Waals surface area (Å²) in [5.74, 6) is -0.120. The van der Waals surface area contributed by atoms with Crippen LogP contribution in [-0.4, -0.2) is 18.5 Å². The predicted octanol–water partition coefficient (Wildman–Crippen LogP) is 3.59. The Hall–Kier alpha value is -1.74. The lowest BCUT2D eigenvalue weighted by Gasteiger charge is -2.15. The van der Waals surface area contributed by atoms with E-state index in [9.17, 15) is 9.18 Å². The summed E-state index contributed by atoms with van der Waals surface area (Å²) in [7, 11) is 0.